The molecule has 0 bridgehead atoms. The first-order valence-corrected chi connectivity index (χ1v) is 13.4. The second kappa shape index (κ2) is 10.6. The van der Waals surface area contributed by atoms with E-state index in [1.165, 1.54) is 72.0 Å². The number of aryl methyl sites for hydroxylation is 3. The third-order valence-electron chi connectivity index (χ3n) is 5.79. The molecule has 0 aliphatic heterocycles. The fourth-order valence-electron chi connectivity index (χ4n) is 4.29. The lowest BCUT2D eigenvalue weighted by Gasteiger charge is -2.21. The van der Waals surface area contributed by atoms with Crippen molar-refractivity contribution in [2.24, 2.45) is 0 Å². The van der Waals surface area contributed by atoms with Crippen LogP contribution in [0.4, 0.5) is 0 Å². The molecule has 0 aliphatic carbocycles. The molecule has 0 aromatic heterocycles. The largest absolute Gasteiger partial charge is 0.0622 e. The SMILES string of the molecule is CC[P]c1cc(CC)cc(C)c1-c1c(C)cc(-c2ccccc2)cc1[P]c1ccccc1. The van der Waals surface area contributed by atoms with Gasteiger partial charge in [0, 0.05) is 0 Å². The zero-order valence-corrected chi connectivity index (χ0v) is 21.2. The summed E-state index contributed by atoms with van der Waals surface area (Å²) >= 11 is 0. The van der Waals surface area contributed by atoms with Gasteiger partial charge in [0.05, 0.1) is 0 Å². The number of benzene rings is 4. The van der Waals surface area contributed by atoms with Crippen LogP contribution in [0.15, 0.2) is 84.9 Å². The minimum Gasteiger partial charge on any atom is -0.0622 e. The highest BCUT2D eigenvalue weighted by Crippen LogP contribution is 2.35. The molecule has 2 heteroatoms. The maximum Gasteiger partial charge on any atom is -0.00589 e. The normalized spacial score (nSPS) is 11.8. The summed E-state index contributed by atoms with van der Waals surface area (Å²) in [6.07, 6.45) is 2.21. The first kappa shape index (κ1) is 22.9. The Balaban J connectivity index is 1.96. The summed E-state index contributed by atoms with van der Waals surface area (Å²) in [5.74, 6) is 0. The van der Waals surface area contributed by atoms with Gasteiger partial charge in [-0.25, -0.2) is 0 Å². The molecule has 0 nitrogen and oxygen atoms in total. The second-order valence-electron chi connectivity index (χ2n) is 8.14. The zero-order chi connectivity index (χ0) is 22.5. The quantitative estimate of drug-likeness (QED) is 0.252. The molecule has 0 heterocycles. The smallest absolute Gasteiger partial charge is 0.00589 e. The van der Waals surface area contributed by atoms with Crippen LogP contribution >= 0.6 is 17.2 Å². The van der Waals surface area contributed by atoms with E-state index < -0.39 is 0 Å². The van der Waals surface area contributed by atoms with Crippen LogP contribution < -0.4 is 15.9 Å². The summed E-state index contributed by atoms with van der Waals surface area (Å²) in [7, 11) is 2.65. The van der Waals surface area contributed by atoms with E-state index in [-0.39, 0.29) is 0 Å². The fourth-order valence-corrected chi connectivity index (χ4v) is 6.53. The average Bonchev–Trinajstić information content (AvgIpc) is 2.81. The van der Waals surface area contributed by atoms with Crippen LogP contribution in [0.2, 0.25) is 0 Å². The summed E-state index contributed by atoms with van der Waals surface area (Å²) in [5, 5.41) is 4.18. The molecule has 0 spiro atoms. The minimum absolute atomic E-state index is 1.08. The first-order valence-electron chi connectivity index (χ1n) is 11.4. The van der Waals surface area contributed by atoms with Gasteiger partial charge in [-0.05, 0) is 105 Å². The molecule has 32 heavy (non-hydrogen) atoms. The third kappa shape index (κ3) is 5.04. The van der Waals surface area contributed by atoms with Gasteiger partial charge in [0.15, 0.2) is 0 Å². The molecule has 0 unspecified atom stereocenters. The number of hydrogen-bond acceptors (Lipinski definition) is 0. The Labute approximate surface area is 197 Å². The Hall–Kier alpha value is -2.26. The molecule has 0 atom stereocenters. The number of hydrogen-bond donors (Lipinski definition) is 0. The molecule has 4 aromatic rings. The molecular formula is C30H30P2. The number of rotatable bonds is 7. The van der Waals surface area contributed by atoms with Crippen LogP contribution in [-0.4, -0.2) is 6.16 Å². The first-order chi connectivity index (χ1) is 15.6. The molecule has 4 rings (SSSR count). The zero-order valence-electron chi connectivity index (χ0n) is 19.4. The van der Waals surface area contributed by atoms with Gasteiger partial charge in [0.1, 0.15) is 0 Å². The lowest BCUT2D eigenvalue weighted by Crippen LogP contribution is -2.14. The van der Waals surface area contributed by atoms with Crippen LogP contribution in [0, 0.1) is 13.8 Å². The molecule has 0 fully saturated rings. The van der Waals surface area contributed by atoms with Crippen LogP contribution in [0.3, 0.4) is 0 Å². The van der Waals surface area contributed by atoms with Crippen molar-refractivity contribution in [1.82, 2.24) is 0 Å². The Morgan fingerprint density at radius 2 is 1.25 bits per heavy atom. The van der Waals surface area contributed by atoms with Crippen molar-refractivity contribution in [3.63, 3.8) is 0 Å². The Morgan fingerprint density at radius 3 is 1.91 bits per heavy atom. The van der Waals surface area contributed by atoms with E-state index in [4.69, 9.17) is 0 Å². The van der Waals surface area contributed by atoms with Gasteiger partial charge in [0.2, 0.25) is 0 Å². The van der Waals surface area contributed by atoms with E-state index in [0.29, 0.717) is 0 Å². The fraction of sp³-hybridized carbons (Fsp3) is 0.200. The highest BCUT2D eigenvalue weighted by atomic mass is 31.1. The Bertz CT molecular complexity index is 1190. The molecule has 4 aromatic carbocycles. The third-order valence-corrected chi connectivity index (χ3v) is 7.95. The van der Waals surface area contributed by atoms with Crippen LogP contribution in [0.5, 0.6) is 0 Å². The van der Waals surface area contributed by atoms with E-state index >= 15 is 0 Å². The second-order valence-corrected chi connectivity index (χ2v) is 10.8. The van der Waals surface area contributed by atoms with E-state index in [1.807, 2.05) is 0 Å². The van der Waals surface area contributed by atoms with Crippen molar-refractivity contribution >= 4 is 33.1 Å². The maximum atomic E-state index is 2.43. The molecular weight excluding hydrogens is 422 g/mol. The van der Waals surface area contributed by atoms with Crippen molar-refractivity contribution in [2.75, 3.05) is 6.16 Å². The van der Waals surface area contributed by atoms with Gasteiger partial charge < -0.3 is 0 Å². The topological polar surface area (TPSA) is 0 Å². The minimum atomic E-state index is 1.08. The summed E-state index contributed by atoms with van der Waals surface area (Å²) in [5.41, 5.74) is 9.58. The molecule has 160 valence electrons. The van der Waals surface area contributed by atoms with Gasteiger partial charge in [-0.1, -0.05) is 92.7 Å². The molecule has 0 aliphatic rings. The predicted molar refractivity (Wildman–Crippen MR) is 146 cm³/mol. The van der Waals surface area contributed by atoms with Crippen LogP contribution in [0.25, 0.3) is 22.3 Å². The molecule has 0 amide bonds. The van der Waals surface area contributed by atoms with Crippen molar-refractivity contribution in [2.45, 2.75) is 34.1 Å². The van der Waals surface area contributed by atoms with Crippen molar-refractivity contribution in [3.05, 3.63) is 102 Å². The summed E-state index contributed by atoms with van der Waals surface area (Å²) < 4.78 is 0. The van der Waals surface area contributed by atoms with Gasteiger partial charge in [-0.15, -0.1) is 0 Å². The maximum absolute atomic E-state index is 2.43. The lowest BCUT2D eigenvalue weighted by molar-refractivity contribution is 1.14. The predicted octanol–water partition coefficient (Wildman–Crippen LogP) is 7.69. The van der Waals surface area contributed by atoms with E-state index in [2.05, 4.69) is 113 Å². The Morgan fingerprint density at radius 1 is 0.625 bits per heavy atom. The van der Waals surface area contributed by atoms with Gasteiger partial charge in [-0.2, -0.15) is 0 Å². The summed E-state index contributed by atoms with van der Waals surface area (Å²) in [6, 6.07) is 31.2. The van der Waals surface area contributed by atoms with Crippen LogP contribution in [-0.2, 0) is 6.42 Å². The van der Waals surface area contributed by atoms with Gasteiger partial charge in [-0.3, -0.25) is 0 Å². The molecule has 0 saturated carbocycles. The van der Waals surface area contributed by atoms with E-state index in [1.54, 1.807) is 0 Å². The van der Waals surface area contributed by atoms with Crippen LogP contribution in [0.1, 0.15) is 30.5 Å². The average molecular weight is 453 g/mol. The highest BCUT2D eigenvalue weighted by Gasteiger charge is 2.18. The van der Waals surface area contributed by atoms with Crippen molar-refractivity contribution < 1.29 is 0 Å². The lowest BCUT2D eigenvalue weighted by atomic mass is 9.92. The summed E-state index contributed by atoms with van der Waals surface area (Å²) in [4.78, 5) is 0. The van der Waals surface area contributed by atoms with Gasteiger partial charge >= 0.3 is 0 Å². The summed E-state index contributed by atoms with van der Waals surface area (Å²) in [6.45, 7) is 9.09. The molecule has 0 saturated heterocycles. The highest BCUT2D eigenvalue weighted by molar-refractivity contribution is 7.56. The van der Waals surface area contributed by atoms with E-state index in [0.717, 1.165) is 12.6 Å². The molecule has 2 radical (unpaired) electrons. The van der Waals surface area contributed by atoms with Gasteiger partial charge in [0.25, 0.3) is 0 Å². The van der Waals surface area contributed by atoms with Crippen molar-refractivity contribution in [1.29, 1.82) is 0 Å². The molecule has 0 N–H and O–H groups in total. The monoisotopic (exact) mass is 452 g/mol. The van der Waals surface area contributed by atoms with E-state index in [9.17, 15) is 0 Å². The Kier molecular flexibility index (Phi) is 7.57. The standard InChI is InChI=1S/C30H30P2/c1-5-23-17-21(3)29(27(19-23)31-6-2)30-22(4)18-25(24-13-9-7-10-14-24)20-28(30)32-26-15-11-8-12-16-26/h7-20H,5-6H2,1-4H3. The van der Waals surface area contributed by atoms with Crippen molar-refractivity contribution in [3.8, 4) is 22.3 Å².